The molecule has 1 heteroatoms. The van der Waals surface area contributed by atoms with Crippen LogP contribution in [0.2, 0.25) is 0 Å². The molecule has 8 atom stereocenters. The fourth-order valence-electron chi connectivity index (χ4n) is 6.10. The molecule has 0 aliphatic heterocycles. The van der Waals surface area contributed by atoms with Crippen molar-refractivity contribution in [2.24, 2.45) is 47.3 Å². The standard InChI is InChI=1S/C11H12O/c12-11-8-4-2-5-7-3(4)1-6(8)9(7)10(5)11/h3-10H,1-2H2/t3-,4+,5+,6-,7+,8+,9-,10-/m0/s1. The zero-order valence-electron chi connectivity index (χ0n) is 6.94. The summed E-state index contributed by atoms with van der Waals surface area (Å²) in [5, 5.41) is 0. The molecule has 62 valence electrons. The molecule has 5 saturated carbocycles. The van der Waals surface area contributed by atoms with Gasteiger partial charge in [-0.05, 0) is 48.3 Å². The van der Waals surface area contributed by atoms with E-state index in [0.29, 0.717) is 17.6 Å². The summed E-state index contributed by atoms with van der Waals surface area (Å²) in [6.07, 6.45) is 2.90. The number of Topliss-reactive ketones (excluding diaryl/α,β-unsaturated/α-hetero) is 1. The van der Waals surface area contributed by atoms with E-state index in [4.69, 9.17) is 0 Å². The maximum atomic E-state index is 11.9. The minimum Gasteiger partial charge on any atom is -0.299 e. The van der Waals surface area contributed by atoms with Crippen molar-refractivity contribution >= 4 is 5.78 Å². The molecule has 12 heavy (non-hydrogen) atoms. The minimum atomic E-state index is 0.583. The molecule has 5 fully saturated rings. The molecule has 0 N–H and O–H groups in total. The van der Waals surface area contributed by atoms with Gasteiger partial charge in [0.15, 0.2) is 0 Å². The molecule has 0 radical (unpaired) electrons. The lowest BCUT2D eigenvalue weighted by molar-refractivity contribution is -0.132. The highest BCUT2D eigenvalue weighted by Gasteiger charge is 2.80. The Kier molecular flexibility index (Phi) is 0.547. The van der Waals surface area contributed by atoms with Gasteiger partial charge in [0.1, 0.15) is 5.78 Å². The lowest BCUT2D eigenvalue weighted by Crippen LogP contribution is -2.44. The van der Waals surface area contributed by atoms with E-state index in [1.807, 2.05) is 0 Å². The first kappa shape index (κ1) is 5.41. The van der Waals surface area contributed by atoms with E-state index in [-0.39, 0.29) is 0 Å². The van der Waals surface area contributed by atoms with E-state index in [0.717, 1.165) is 35.5 Å². The van der Waals surface area contributed by atoms with Crippen LogP contribution in [-0.4, -0.2) is 5.78 Å². The summed E-state index contributed by atoms with van der Waals surface area (Å²) < 4.78 is 0. The van der Waals surface area contributed by atoms with E-state index in [1.54, 1.807) is 0 Å². The van der Waals surface area contributed by atoms with Gasteiger partial charge in [0, 0.05) is 11.8 Å². The molecule has 0 saturated heterocycles. The molecule has 5 aliphatic rings. The van der Waals surface area contributed by atoms with Crippen molar-refractivity contribution in [2.75, 3.05) is 0 Å². The van der Waals surface area contributed by atoms with Crippen LogP contribution in [0, 0.1) is 47.3 Å². The predicted octanol–water partition coefficient (Wildman–Crippen LogP) is 1.33. The summed E-state index contributed by atoms with van der Waals surface area (Å²) in [4.78, 5) is 11.9. The topological polar surface area (TPSA) is 17.1 Å². The van der Waals surface area contributed by atoms with Crippen molar-refractivity contribution in [1.82, 2.24) is 0 Å². The summed E-state index contributed by atoms with van der Waals surface area (Å²) in [7, 11) is 0. The number of hydrogen-bond acceptors (Lipinski definition) is 1. The van der Waals surface area contributed by atoms with Crippen molar-refractivity contribution in [3.05, 3.63) is 0 Å². The third-order valence-electron chi connectivity index (χ3n) is 6.02. The van der Waals surface area contributed by atoms with Gasteiger partial charge in [0.2, 0.25) is 0 Å². The highest BCUT2D eigenvalue weighted by molar-refractivity contribution is 5.91. The van der Waals surface area contributed by atoms with E-state index in [1.165, 1.54) is 12.8 Å². The average molecular weight is 160 g/mol. The average Bonchev–Trinajstić information content (AvgIpc) is 2.47. The zero-order valence-corrected chi connectivity index (χ0v) is 6.94. The van der Waals surface area contributed by atoms with Crippen LogP contribution in [0.5, 0.6) is 0 Å². The number of hydrogen-bond donors (Lipinski definition) is 0. The molecule has 5 rings (SSSR count). The summed E-state index contributed by atoms with van der Waals surface area (Å²) in [5.41, 5.74) is 0. The van der Waals surface area contributed by atoms with Gasteiger partial charge in [-0.2, -0.15) is 0 Å². The molecule has 5 aliphatic carbocycles. The smallest absolute Gasteiger partial charge is 0.140 e. The summed E-state index contributed by atoms with van der Waals surface area (Å²) in [5.74, 6) is 7.54. The second-order valence-electron chi connectivity index (χ2n) is 5.74. The monoisotopic (exact) mass is 160 g/mol. The first-order chi connectivity index (χ1) is 5.88. The number of carbonyl (C=O) groups is 1. The van der Waals surface area contributed by atoms with E-state index in [2.05, 4.69) is 0 Å². The SMILES string of the molecule is O=C1[C@@H]2[C@@H]3C[C@H]4[C@H]1[C@H]1[C@H]2C[C@@H]3[C@H]41. The summed E-state index contributed by atoms with van der Waals surface area (Å²) >= 11 is 0. The van der Waals surface area contributed by atoms with Gasteiger partial charge in [-0.3, -0.25) is 4.79 Å². The molecule has 1 nitrogen and oxygen atoms in total. The molecular formula is C11H12O. The van der Waals surface area contributed by atoms with Gasteiger partial charge in [0.05, 0.1) is 0 Å². The van der Waals surface area contributed by atoms with Gasteiger partial charge in [-0.25, -0.2) is 0 Å². The van der Waals surface area contributed by atoms with Gasteiger partial charge in [0.25, 0.3) is 0 Å². The van der Waals surface area contributed by atoms with Crippen LogP contribution in [0.3, 0.4) is 0 Å². The van der Waals surface area contributed by atoms with Crippen molar-refractivity contribution in [3.63, 3.8) is 0 Å². The van der Waals surface area contributed by atoms with Gasteiger partial charge >= 0.3 is 0 Å². The maximum Gasteiger partial charge on any atom is 0.140 e. The Morgan fingerprint density at radius 2 is 1.58 bits per heavy atom. The number of ketones is 1. The zero-order chi connectivity index (χ0) is 7.61. The van der Waals surface area contributed by atoms with Gasteiger partial charge < -0.3 is 0 Å². The van der Waals surface area contributed by atoms with Crippen molar-refractivity contribution in [1.29, 1.82) is 0 Å². The van der Waals surface area contributed by atoms with Crippen LogP contribution in [0.15, 0.2) is 0 Å². The molecule has 2 bridgehead atoms. The Balaban J connectivity index is 1.91. The first-order valence-corrected chi connectivity index (χ1v) is 5.41. The third kappa shape index (κ3) is 0.272. The van der Waals surface area contributed by atoms with E-state index >= 15 is 0 Å². The quantitative estimate of drug-likeness (QED) is 0.522. The molecule has 0 amide bonds. The largest absolute Gasteiger partial charge is 0.299 e. The summed E-state index contributed by atoms with van der Waals surface area (Å²) in [6.45, 7) is 0. The second-order valence-corrected chi connectivity index (χ2v) is 5.74. The van der Waals surface area contributed by atoms with Crippen molar-refractivity contribution < 1.29 is 4.79 Å². The Morgan fingerprint density at radius 3 is 2.50 bits per heavy atom. The Hall–Kier alpha value is -0.330. The fourth-order valence-corrected chi connectivity index (χ4v) is 6.10. The molecule has 0 spiro atoms. The maximum absolute atomic E-state index is 11.9. The van der Waals surface area contributed by atoms with Crippen LogP contribution in [0.25, 0.3) is 0 Å². The van der Waals surface area contributed by atoms with Gasteiger partial charge in [-0.1, -0.05) is 0 Å². The number of fused-ring (bicyclic) bond motifs is 2. The van der Waals surface area contributed by atoms with Crippen LogP contribution < -0.4 is 0 Å². The fraction of sp³-hybridized carbons (Fsp3) is 0.909. The third-order valence-corrected chi connectivity index (χ3v) is 6.02. The van der Waals surface area contributed by atoms with Crippen LogP contribution in [0.4, 0.5) is 0 Å². The molecule has 0 heterocycles. The van der Waals surface area contributed by atoms with Crippen molar-refractivity contribution in [2.45, 2.75) is 12.8 Å². The molecule has 0 aromatic heterocycles. The molecule has 0 unspecified atom stereocenters. The second kappa shape index (κ2) is 1.21. The van der Waals surface area contributed by atoms with E-state index in [9.17, 15) is 4.79 Å². The predicted molar refractivity (Wildman–Crippen MR) is 42.2 cm³/mol. The highest BCUT2D eigenvalue weighted by atomic mass is 16.1. The Labute approximate surface area is 71.5 Å². The lowest BCUT2D eigenvalue weighted by Gasteiger charge is -2.43. The van der Waals surface area contributed by atoms with Crippen LogP contribution in [-0.2, 0) is 4.79 Å². The number of carbonyl (C=O) groups excluding carboxylic acids is 1. The lowest BCUT2D eigenvalue weighted by atomic mass is 9.60. The highest BCUT2D eigenvalue weighted by Crippen LogP contribution is 2.81. The van der Waals surface area contributed by atoms with Crippen LogP contribution >= 0.6 is 0 Å². The van der Waals surface area contributed by atoms with E-state index < -0.39 is 0 Å². The molecule has 0 aromatic carbocycles. The Morgan fingerprint density at radius 1 is 0.833 bits per heavy atom. The first-order valence-electron chi connectivity index (χ1n) is 5.41. The van der Waals surface area contributed by atoms with Crippen molar-refractivity contribution in [3.8, 4) is 0 Å². The summed E-state index contributed by atoms with van der Waals surface area (Å²) in [6, 6.07) is 0. The molecular weight excluding hydrogens is 148 g/mol. The normalized spacial score (nSPS) is 79.2. The number of rotatable bonds is 0. The minimum absolute atomic E-state index is 0.583. The molecule has 0 aromatic rings. The Bertz CT molecular complexity index is 315. The van der Waals surface area contributed by atoms with Crippen LogP contribution in [0.1, 0.15) is 12.8 Å². The van der Waals surface area contributed by atoms with Gasteiger partial charge in [-0.15, -0.1) is 0 Å².